The molecule has 43 heavy (non-hydrogen) atoms. The molecule has 6 aromatic rings. The van der Waals surface area contributed by atoms with E-state index in [1.165, 1.54) is 66.1 Å². The van der Waals surface area contributed by atoms with Crippen LogP contribution < -0.4 is 24.8 Å². The zero-order valence-corrected chi connectivity index (χ0v) is 29.7. The van der Waals surface area contributed by atoms with Crippen molar-refractivity contribution in [2.75, 3.05) is 0 Å². The van der Waals surface area contributed by atoms with Crippen LogP contribution in [-0.4, -0.2) is 0 Å². The summed E-state index contributed by atoms with van der Waals surface area (Å²) < 4.78 is 0. The molecule has 0 nitrogen and oxygen atoms in total. The van der Waals surface area contributed by atoms with E-state index in [-0.39, 0.29) is 57.4 Å². The maximum Gasteiger partial charge on any atom is 4.00 e. The summed E-state index contributed by atoms with van der Waals surface area (Å²) >= 11 is 0. The quantitative estimate of drug-likeness (QED) is 0.169. The number of benzene rings is 4. The van der Waals surface area contributed by atoms with Gasteiger partial charge in [0.25, 0.3) is 0 Å². The standard InChI is InChI=1S/2C20H21.2ClH.Ti/c2*1-14-12-16-6-5-7-18(19(16)13-14)15-8-10-17(11-9-15)20(2,3)4;;;/h2*5-13H,1-4H3;2*1H;/q2*-1;;;+4/p-2. The molecule has 0 bridgehead atoms. The molecule has 0 radical (unpaired) electrons. The van der Waals surface area contributed by atoms with Gasteiger partial charge in [0.05, 0.1) is 0 Å². The zero-order valence-electron chi connectivity index (χ0n) is 26.6. The van der Waals surface area contributed by atoms with Gasteiger partial charge in [0.1, 0.15) is 0 Å². The summed E-state index contributed by atoms with van der Waals surface area (Å²) in [6.45, 7) is 17.8. The summed E-state index contributed by atoms with van der Waals surface area (Å²) in [5, 5.41) is 5.38. The topological polar surface area (TPSA) is 0 Å². The van der Waals surface area contributed by atoms with Crippen molar-refractivity contribution in [3.63, 3.8) is 0 Å². The summed E-state index contributed by atoms with van der Waals surface area (Å²) in [7, 11) is 0. The van der Waals surface area contributed by atoms with Crippen molar-refractivity contribution in [2.24, 2.45) is 0 Å². The van der Waals surface area contributed by atoms with E-state index in [1.54, 1.807) is 0 Å². The van der Waals surface area contributed by atoms with E-state index in [0.717, 1.165) is 0 Å². The first-order chi connectivity index (χ1) is 18.9. The molecule has 0 fully saturated rings. The second-order valence-corrected chi connectivity index (χ2v) is 13.3. The molecule has 6 rings (SSSR count). The van der Waals surface area contributed by atoms with Crippen LogP contribution in [0.1, 0.15) is 63.8 Å². The second-order valence-electron chi connectivity index (χ2n) is 13.3. The van der Waals surface area contributed by atoms with Gasteiger partial charge in [-0.15, -0.1) is 69.1 Å². The Balaban J connectivity index is 0.000000281. The summed E-state index contributed by atoms with van der Waals surface area (Å²) in [6.07, 6.45) is 0. The first kappa shape index (κ1) is 36.6. The maximum atomic E-state index is 2.28. The smallest absolute Gasteiger partial charge is 1.00 e. The van der Waals surface area contributed by atoms with Crippen LogP contribution in [-0.2, 0) is 32.5 Å². The summed E-state index contributed by atoms with van der Waals surface area (Å²) in [6, 6.07) is 40.2. The monoisotopic (exact) mass is 640 g/mol. The molecule has 0 unspecified atom stereocenters. The molecule has 0 N–H and O–H groups in total. The first-order valence-electron chi connectivity index (χ1n) is 14.4. The van der Waals surface area contributed by atoms with E-state index in [4.69, 9.17) is 0 Å². The van der Waals surface area contributed by atoms with Crippen LogP contribution in [0.3, 0.4) is 0 Å². The van der Waals surface area contributed by atoms with Crippen molar-refractivity contribution in [2.45, 2.75) is 66.2 Å². The maximum absolute atomic E-state index is 2.28. The summed E-state index contributed by atoms with van der Waals surface area (Å²) in [4.78, 5) is 0. The minimum absolute atomic E-state index is 0. The van der Waals surface area contributed by atoms with Gasteiger partial charge in [-0.05, 0) is 33.1 Å². The normalized spacial score (nSPS) is 11.2. The first-order valence-corrected chi connectivity index (χ1v) is 14.4. The van der Waals surface area contributed by atoms with E-state index in [9.17, 15) is 0 Å². The number of halogens is 2. The van der Waals surface area contributed by atoms with Gasteiger partial charge in [-0.2, -0.15) is 12.1 Å². The fraction of sp³-hybridized carbons (Fsp3) is 0.250. The predicted molar refractivity (Wildman–Crippen MR) is 177 cm³/mol. The Labute approximate surface area is 286 Å². The van der Waals surface area contributed by atoms with Gasteiger partial charge < -0.3 is 24.8 Å². The minimum atomic E-state index is 0. The van der Waals surface area contributed by atoms with E-state index >= 15 is 0 Å². The molecule has 0 spiro atoms. The molecule has 220 valence electrons. The van der Waals surface area contributed by atoms with E-state index in [1.807, 2.05) is 0 Å². The van der Waals surface area contributed by atoms with Gasteiger partial charge in [-0.3, -0.25) is 0 Å². The Morgan fingerprint density at radius 1 is 0.465 bits per heavy atom. The van der Waals surface area contributed by atoms with Gasteiger partial charge in [-0.1, -0.05) is 127 Å². The van der Waals surface area contributed by atoms with Crippen molar-refractivity contribution < 1.29 is 46.5 Å². The third-order valence-corrected chi connectivity index (χ3v) is 7.91. The average Bonchev–Trinajstić information content (AvgIpc) is 3.48. The number of rotatable bonds is 2. The Morgan fingerprint density at radius 3 is 1.09 bits per heavy atom. The number of hydrogen-bond donors (Lipinski definition) is 0. The van der Waals surface area contributed by atoms with Crippen molar-refractivity contribution in [1.82, 2.24) is 0 Å². The van der Waals surface area contributed by atoms with Crippen molar-refractivity contribution >= 4 is 21.5 Å². The molecule has 0 aliphatic carbocycles. The molecule has 0 atom stereocenters. The SMILES string of the molecule is Cc1cc2c(-c3ccc(C(C)(C)C)cc3)cccc2[cH-]1.Cc1cc2c(-c3ccc(C(C)(C)C)cc3)cccc2[cH-]1.[Cl-].[Cl-].[Ti+4]. The fourth-order valence-corrected chi connectivity index (χ4v) is 5.57. The van der Waals surface area contributed by atoms with Crippen LogP contribution in [0.2, 0.25) is 0 Å². The van der Waals surface area contributed by atoms with Gasteiger partial charge in [0.2, 0.25) is 0 Å². The Morgan fingerprint density at radius 2 is 0.791 bits per heavy atom. The van der Waals surface area contributed by atoms with E-state index in [0.29, 0.717) is 0 Å². The Hall–Kier alpha value is -2.61. The van der Waals surface area contributed by atoms with Crippen molar-refractivity contribution in [3.8, 4) is 22.3 Å². The van der Waals surface area contributed by atoms with E-state index in [2.05, 4.69) is 165 Å². The largest absolute Gasteiger partial charge is 4.00 e. The Kier molecular flexibility index (Phi) is 12.3. The van der Waals surface area contributed by atoms with Crippen LogP contribution in [0, 0.1) is 13.8 Å². The molecule has 6 aromatic carbocycles. The molecule has 0 saturated heterocycles. The number of hydrogen-bond acceptors (Lipinski definition) is 0. The van der Waals surface area contributed by atoms with Crippen molar-refractivity contribution in [3.05, 3.63) is 131 Å². The third-order valence-electron chi connectivity index (χ3n) is 7.91. The van der Waals surface area contributed by atoms with Crippen LogP contribution in [0.4, 0.5) is 0 Å². The van der Waals surface area contributed by atoms with Gasteiger partial charge in [-0.25, -0.2) is 0 Å². The van der Waals surface area contributed by atoms with Gasteiger partial charge >= 0.3 is 21.7 Å². The van der Waals surface area contributed by atoms with Crippen molar-refractivity contribution in [1.29, 1.82) is 0 Å². The molecule has 3 heteroatoms. The average molecular weight is 642 g/mol. The van der Waals surface area contributed by atoms with Crippen LogP contribution in [0.5, 0.6) is 0 Å². The van der Waals surface area contributed by atoms with Crippen LogP contribution in [0.15, 0.2) is 109 Å². The molecule has 0 aliphatic rings. The third kappa shape index (κ3) is 8.31. The summed E-state index contributed by atoms with van der Waals surface area (Å²) in [5.74, 6) is 0. The molecular weight excluding hydrogens is 599 g/mol. The van der Waals surface area contributed by atoms with Gasteiger partial charge in [0, 0.05) is 0 Å². The van der Waals surface area contributed by atoms with E-state index < -0.39 is 0 Å². The van der Waals surface area contributed by atoms with Gasteiger partial charge in [0.15, 0.2) is 0 Å². The molecule has 0 aromatic heterocycles. The fourth-order valence-electron chi connectivity index (χ4n) is 5.57. The summed E-state index contributed by atoms with van der Waals surface area (Å²) in [5.41, 5.74) is 11.1. The van der Waals surface area contributed by atoms with Crippen LogP contribution in [0.25, 0.3) is 43.8 Å². The molecule has 0 heterocycles. The molecule has 0 amide bonds. The zero-order chi connectivity index (χ0) is 28.7. The second kappa shape index (κ2) is 14.4. The molecule has 0 saturated carbocycles. The number of aryl methyl sites for hydroxylation is 2. The molecule has 0 aliphatic heterocycles. The molecular formula is C40H42Cl2Ti. The predicted octanol–water partition coefficient (Wildman–Crippen LogP) is 5.67. The Bertz CT molecular complexity index is 1620. The number of fused-ring (bicyclic) bond motifs is 2. The minimum Gasteiger partial charge on any atom is -1.00 e. The van der Waals surface area contributed by atoms with Crippen LogP contribution >= 0.6 is 0 Å².